The lowest BCUT2D eigenvalue weighted by Gasteiger charge is -2.01. The Morgan fingerprint density at radius 3 is 3.00 bits per heavy atom. The highest BCUT2D eigenvalue weighted by Crippen LogP contribution is 2.08. The zero-order chi connectivity index (χ0) is 9.97. The molecule has 0 unspecified atom stereocenters. The molecule has 0 saturated carbocycles. The van der Waals surface area contributed by atoms with E-state index in [1.54, 1.807) is 0 Å². The largest absolute Gasteiger partial charge is 0.298 e. The van der Waals surface area contributed by atoms with Gasteiger partial charge in [-0.1, -0.05) is 0 Å². The quantitative estimate of drug-likeness (QED) is 0.654. The lowest BCUT2D eigenvalue weighted by Crippen LogP contribution is -2.03. The van der Waals surface area contributed by atoms with Gasteiger partial charge in [0.2, 0.25) is 0 Å². The van der Waals surface area contributed by atoms with E-state index >= 15 is 0 Å². The van der Waals surface area contributed by atoms with Crippen molar-refractivity contribution < 1.29 is 9.18 Å². The molecule has 0 aliphatic carbocycles. The summed E-state index contributed by atoms with van der Waals surface area (Å²) in [5.41, 5.74) is 0.135. The second-order valence-electron chi connectivity index (χ2n) is 2.52. The van der Waals surface area contributed by atoms with Crippen molar-refractivity contribution in [2.45, 2.75) is 0 Å². The first-order valence-electron chi connectivity index (χ1n) is 3.77. The Labute approximate surface area is 78.2 Å². The van der Waals surface area contributed by atoms with E-state index in [1.165, 1.54) is 17.3 Å². The van der Waals surface area contributed by atoms with Crippen LogP contribution >= 0.6 is 0 Å². The summed E-state index contributed by atoms with van der Waals surface area (Å²) in [4.78, 5) is 18.1. The minimum atomic E-state index is -0.559. The van der Waals surface area contributed by atoms with Crippen LogP contribution in [0.4, 0.5) is 4.39 Å². The van der Waals surface area contributed by atoms with Gasteiger partial charge in [-0.2, -0.15) is 5.10 Å². The summed E-state index contributed by atoms with van der Waals surface area (Å²) in [6.07, 6.45) is 4.23. The molecule has 0 fully saturated rings. The van der Waals surface area contributed by atoms with Gasteiger partial charge in [-0.05, 0) is 6.07 Å². The number of hydrogen-bond donors (Lipinski definition) is 0. The van der Waals surface area contributed by atoms with E-state index < -0.39 is 5.82 Å². The van der Waals surface area contributed by atoms with Crippen LogP contribution in [0.2, 0.25) is 0 Å². The average molecular weight is 192 g/mol. The SMILES string of the molecule is O=Cc1cc(F)cnc1-n1cncn1. The number of aromatic nitrogens is 4. The maximum atomic E-state index is 12.7. The van der Waals surface area contributed by atoms with Gasteiger partial charge in [0, 0.05) is 0 Å². The fourth-order valence-electron chi connectivity index (χ4n) is 1.04. The van der Waals surface area contributed by atoms with Gasteiger partial charge in [0.05, 0.1) is 11.8 Å². The van der Waals surface area contributed by atoms with E-state index in [4.69, 9.17) is 0 Å². The normalized spacial score (nSPS) is 10.1. The predicted molar refractivity (Wildman–Crippen MR) is 44.5 cm³/mol. The number of carbonyl (C=O) groups excluding carboxylic acids is 1. The van der Waals surface area contributed by atoms with Gasteiger partial charge in [-0.3, -0.25) is 4.79 Å². The summed E-state index contributed by atoms with van der Waals surface area (Å²) in [5, 5.41) is 3.79. The van der Waals surface area contributed by atoms with E-state index in [0.29, 0.717) is 6.29 Å². The van der Waals surface area contributed by atoms with Crippen molar-refractivity contribution in [2.75, 3.05) is 0 Å². The Balaban J connectivity index is 2.58. The first kappa shape index (κ1) is 8.49. The molecule has 6 heteroatoms. The number of carbonyl (C=O) groups is 1. The highest BCUT2D eigenvalue weighted by Gasteiger charge is 2.07. The molecule has 2 aromatic heterocycles. The van der Waals surface area contributed by atoms with Crippen molar-refractivity contribution >= 4 is 6.29 Å². The van der Waals surface area contributed by atoms with Crippen LogP contribution < -0.4 is 0 Å². The fourth-order valence-corrected chi connectivity index (χ4v) is 1.04. The highest BCUT2D eigenvalue weighted by molar-refractivity contribution is 5.79. The minimum absolute atomic E-state index is 0.135. The maximum Gasteiger partial charge on any atom is 0.165 e. The first-order chi connectivity index (χ1) is 6.81. The smallest absolute Gasteiger partial charge is 0.165 e. The molecule has 0 aromatic carbocycles. The molecule has 0 spiro atoms. The number of nitrogens with zero attached hydrogens (tertiary/aromatic N) is 4. The standard InChI is InChI=1S/C8H5FN4O/c9-7-1-6(3-14)8(11-2-7)13-5-10-4-12-13/h1-5H. The summed E-state index contributed by atoms with van der Waals surface area (Å²) in [7, 11) is 0. The molecule has 0 aliphatic rings. The van der Waals surface area contributed by atoms with Gasteiger partial charge in [0.1, 0.15) is 18.5 Å². The summed E-state index contributed by atoms with van der Waals surface area (Å²) in [5.74, 6) is -0.296. The summed E-state index contributed by atoms with van der Waals surface area (Å²) in [6.45, 7) is 0. The zero-order valence-electron chi connectivity index (χ0n) is 6.96. The molecular formula is C8H5FN4O. The fraction of sp³-hybridized carbons (Fsp3) is 0. The molecule has 0 aliphatic heterocycles. The topological polar surface area (TPSA) is 60.7 Å². The van der Waals surface area contributed by atoms with Crippen LogP contribution in [0.25, 0.3) is 5.82 Å². The number of rotatable bonds is 2. The van der Waals surface area contributed by atoms with Gasteiger partial charge < -0.3 is 0 Å². The van der Waals surface area contributed by atoms with Crippen LogP contribution in [-0.4, -0.2) is 26.0 Å². The highest BCUT2D eigenvalue weighted by atomic mass is 19.1. The molecule has 2 heterocycles. The third kappa shape index (κ3) is 1.37. The van der Waals surface area contributed by atoms with Crippen molar-refractivity contribution in [1.82, 2.24) is 19.7 Å². The minimum Gasteiger partial charge on any atom is -0.298 e. The molecule has 0 N–H and O–H groups in total. The lowest BCUT2D eigenvalue weighted by atomic mass is 10.3. The van der Waals surface area contributed by atoms with Crippen molar-refractivity contribution in [3.8, 4) is 5.82 Å². The number of aldehydes is 1. The van der Waals surface area contributed by atoms with Crippen LogP contribution in [0.15, 0.2) is 24.9 Å². The third-order valence-electron chi connectivity index (χ3n) is 1.62. The lowest BCUT2D eigenvalue weighted by molar-refractivity contribution is 0.112. The van der Waals surface area contributed by atoms with Crippen LogP contribution in [0, 0.1) is 5.82 Å². The molecule has 2 aromatic rings. The van der Waals surface area contributed by atoms with Crippen LogP contribution in [-0.2, 0) is 0 Å². The van der Waals surface area contributed by atoms with Gasteiger partial charge in [-0.25, -0.2) is 19.0 Å². The van der Waals surface area contributed by atoms with E-state index in [-0.39, 0.29) is 11.4 Å². The predicted octanol–water partition coefficient (Wildman–Crippen LogP) is 0.614. The summed E-state index contributed by atoms with van der Waals surface area (Å²) in [6, 6.07) is 1.09. The van der Waals surface area contributed by atoms with E-state index in [2.05, 4.69) is 15.1 Å². The van der Waals surface area contributed by atoms with Crippen molar-refractivity contribution in [3.05, 3.63) is 36.3 Å². The van der Waals surface area contributed by atoms with E-state index in [0.717, 1.165) is 12.3 Å². The van der Waals surface area contributed by atoms with Crippen molar-refractivity contribution in [1.29, 1.82) is 0 Å². The Bertz CT molecular complexity index is 454. The third-order valence-corrected chi connectivity index (χ3v) is 1.62. The summed E-state index contributed by atoms with van der Waals surface area (Å²) >= 11 is 0. The second kappa shape index (κ2) is 3.33. The number of pyridine rings is 1. The number of hydrogen-bond acceptors (Lipinski definition) is 4. The maximum absolute atomic E-state index is 12.7. The Morgan fingerprint density at radius 2 is 2.36 bits per heavy atom. The van der Waals surface area contributed by atoms with Gasteiger partial charge in [0.25, 0.3) is 0 Å². The van der Waals surface area contributed by atoms with Crippen LogP contribution in [0.3, 0.4) is 0 Å². The van der Waals surface area contributed by atoms with Crippen LogP contribution in [0.1, 0.15) is 10.4 Å². The molecule has 0 radical (unpaired) electrons. The Morgan fingerprint density at radius 1 is 1.50 bits per heavy atom. The van der Waals surface area contributed by atoms with E-state index in [9.17, 15) is 9.18 Å². The monoisotopic (exact) mass is 192 g/mol. The Kier molecular flexibility index (Phi) is 2.02. The molecule has 0 atom stereocenters. The molecule has 2 rings (SSSR count). The average Bonchev–Trinajstić information content (AvgIpc) is 2.70. The van der Waals surface area contributed by atoms with Crippen molar-refractivity contribution in [2.24, 2.45) is 0 Å². The molecule has 5 nitrogen and oxygen atoms in total. The first-order valence-corrected chi connectivity index (χ1v) is 3.77. The zero-order valence-corrected chi connectivity index (χ0v) is 6.96. The molecule has 14 heavy (non-hydrogen) atoms. The second-order valence-corrected chi connectivity index (χ2v) is 2.52. The molecule has 0 amide bonds. The number of halogens is 1. The molecular weight excluding hydrogens is 187 g/mol. The van der Waals surface area contributed by atoms with Gasteiger partial charge in [-0.15, -0.1) is 0 Å². The summed E-state index contributed by atoms with van der Waals surface area (Å²) < 4.78 is 14.0. The molecule has 0 bridgehead atoms. The van der Waals surface area contributed by atoms with Crippen molar-refractivity contribution in [3.63, 3.8) is 0 Å². The molecule has 0 saturated heterocycles. The van der Waals surface area contributed by atoms with Gasteiger partial charge in [0.15, 0.2) is 12.1 Å². The Hall–Kier alpha value is -2.11. The van der Waals surface area contributed by atoms with E-state index in [1.807, 2.05) is 0 Å². The molecule has 70 valence electrons. The van der Waals surface area contributed by atoms with Gasteiger partial charge >= 0.3 is 0 Å². The van der Waals surface area contributed by atoms with Crippen LogP contribution in [0.5, 0.6) is 0 Å².